The van der Waals surface area contributed by atoms with Crippen molar-refractivity contribution in [2.75, 3.05) is 0 Å². The molecule has 4 heteroatoms. The molecule has 4 nitrogen and oxygen atoms in total. The molecule has 108 valence electrons. The molecule has 0 saturated carbocycles. The Balaban J connectivity index is 2.04. The lowest BCUT2D eigenvalue weighted by atomic mass is 10.1. The van der Waals surface area contributed by atoms with E-state index in [1.165, 1.54) is 6.92 Å². The van der Waals surface area contributed by atoms with E-state index in [0.29, 0.717) is 16.9 Å². The van der Waals surface area contributed by atoms with Crippen LogP contribution in [-0.4, -0.2) is 10.9 Å². The van der Waals surface area contributed by atoms with Crippen LogP contribution in [0, 0.1) is 0 Å². The molecule has 0 unspecified atom stereocenters. The van der Waals surface area contributed by atoms with Gasteiger partial charge in [-0.05, 0) is 30.5 Å². The van der Waals surface area contributed by atoms with E-state index in [0.717, 1.165) is 10.8 Å². The number of fused-ring (bicyclic) bond motifs is 1. The number of rotatable bonds is 3. The summed E-state index contributed by atoms with van der Waals surface area (Å²) in [5.74, 6) is 0.0511. The van der Waals surface area contributed by atoms with E-state index in [1.54, 1.807) is 30.3 Å². The number of carbonyl (C=O) groups is 1. The topological polar surface area (TPSA) is 62.0 Å². The smallest absolute Gasteiger partial charge is 0.159 e. The first-order valence-corrected chi connectivity index (χ1v) is 6.88. The Morgan fingerprint density at radius 3 is 2.59 bits per heavy atom. The largest absolute Gasteiger partial charge is 0.506 e. The first-order chi connectivity index (χ1) is 10.6. The third kappa shape index (κ3) is 2.72. The minimum absolute atomic E-state index is 0.0231. The van der Waals surface area contributed by atoms with Crippen LogP contribution in [0.25, 0.3) is 10.8 Å². The number of nitrogens with zero attached hydrogens (tertiary/aromatic N) is 2. The maximum absolute atomic E-state index is 11.4. The zero-order chi connectivity index (χ0) is 15.5. The van der Waals surface area contributed by atoms with Crippen molar-refractivity contribution < 1.29 is 9.90 Å². The van der Waals surface area contributed by atoms with Crippen LogP contribution in [0.5, 0.6) is 5.75 Å². The van der Waals surface area contributed by atoms with Gasteiger partial charge in [0.1, 0.15) is 11.4 Å². The van der Waals surface area contributed by atoms with Crippen LogP contribution in [0.2, 0.25) is 0 Å². The summed E-state index contributed by atoms with van der Waals surface area (Å²) in [5.41, 5.74) is 1.57. The van der Waals surface area contributed by atoms with Crippen LogP contribution < -0.4 is 0 Å². The maximum Gasteiger partial charge on any atom is 0.159 e. The Morgan fingerprint density at radius 1 is 0.955 bits per heavy atom. The van der Waals surface area contributed by atoms with Crippen molar-refractivity contribution in [2.24, 2.45) is 10.2 Å². The zero-order valence-electron chi connectivity index (χ0n) is 12.0. The number of hydrogen-bond donors (Lipinski definition) is 1. The molecule has 0 atom stereocenters. The molecule has 0 aliphatic carbocycles. The molecule has 0 fully saturated rings. The fourth-order valence-corrected chi connectivity index (χ4v) is 2.24. The summed E-state index contributed by atoms with van der Waals surface area (Å²) >= 11 is 0. The first-order valence-electron chi connectivity index (χ1n) is 6.88. The lowest BCUT2D eigenvalue weighted by Crippen LogP contribution is -1.89. The standard InChI is InChI=1S/C18H14N2O2/c1-12(21)14-6-4-7-15(11-14)19-20-18-16-8-3-2-5-13(16)9-10-17(18)22/h2-11,22H,1H3. The third-order valence-corrected chi connectivity index (χ3v) is 3.40. The predicted molar refractivity (Wildman–Crippen MR) is 86.2 cm³/mol. The van der Waals surface area contributed by atoms with Gasteiger partial charge in [0.05, 0.1) is 5.69 Å². The third-order valence-electron chi connectivity index (χ3n) is 3.40. The van der Waals surface area contributed by atoms with Gasteiger partial charge in [0.15, 0.2) is 5.78 Å². The van der Waals surface area contributed by atoms with Gasteiger partial charge in [0.2, 0.25) is 0 Å². The summed E-state index contributed by atoms with van der Waals surface area (Å²) in [6.45, 7) is 1.51. The van der Waals surface area contributed by atoms with Crippen molar-refractivity contribution in [3.63, 3.8) is 0 Å². The fraction of sp³-hybridized carbons (Fsp3) is 0.0556. The van der Waals surface area contributed by atoms with Crippen LogP contribution >= 0.6 is 0 Å². The van der Waals surface area contributed by atoms with Gasteiger partial charge in [0.25, 0.3) is 0 Å². The Bertz CT molecular complexity index is 885. The van der Waals surface area contributed by atoms with Crippen molar-refractivity contribution in [1.82, 2.24) is 0 Å². The molecule has 0 saturated heterocycles. The highest BCUT2D eigenvalue weighted by atomic mass is 16.3. The summed E-state index contributed by atoms with van der Waals surface area (Å²) in [7, 11) is 0. The van der Waals surface area contributed by atoms with E-state index in [2.05, 4.69) is 10.2 Å². The average molecular weight is 290 g/mol. The molecule has 0 spiro atoms. The van der Waals surface area contributed by atoms with Gasteiger partial charge in [-0.15, -0.1) is 5.11 Å². The Labute approximate surface area is 127 Å². The number of azo groups is 1. The zero-order valence-corrected chi connectivity index (χ0v) is 12.0. The summed E-state index contributed by atoms with van der Waals surface area (Å²) in [5, 5.41) is 20.1. The molecule has 0 aliphatic heterocycles. The van der Waals surface area contributed by atoms with Gasteiger partial charge in [-0.25, -0.2) is 0 Å². The molecule has 0 amide bonds. The van der Waals surface area contributed by atoms with Gasteiger partial charge < -0.3 is 5.11 Å². The van der Waals surface area contributed by atoms with E-state index >= 15 is 0 Å². The second kappa shape index (κ2) is 5.77. The van der Waals surface area contributed by atoms with Crippen LogP contribution in [0.15, 0.2) is 70.9 Å². The molecule has 0 radical (unpaired) electrons. The van der Waals surface area contributed by atoms with E-state index in [9.17, 15) is 9.90 Å². The van der Waals surface area contributed by atoms with Crippen molar-refractivity contribution in [3.8, 4) is 5.75 Å². The molecular weight excluding hydrogens is 276 g/mol. The van der Waals surface area contributed by atoms with Crippen molar-refractivity contribution in [3.05, 3.63) is 66.2 Å². The SMILES string of the molecule is CC(=O)c1cccc(N=Nc2c(O)ccc3ccccc23)c1. The Kier molecular flexibility index (Phi) is 3.66. The second-order valence-corrected chi connectivity index (χ2v) is 4.96. The molecule has 3 aromatic carbocycles. The number of aromatic hydroxyl groups is 1. The number of hydrogen-bond acceptors (Lipinski definition) is 4. The molecule has 0 aromatic heterocycles. The molecular formula is C18H14N2O2. The van der Waals surface area contributed by atoms with Crippen LogP contribution in [0.4, 0.5) is 11.4 Å². The monoisotopic (exact) mass is 290 g/mol. The van der Waals surface area contributed by atoms with Crippen molar-refractivity contribution >= 4 is 27.9 Å². The predicted octanol–water partition coefficient (Wildman–Crippen LogP) is 5.16. The molecule has 0 bridgehead atoms. The quantitative estimate of drug-likeness (QED) is 0.534. The molecule has 3 aromatic rings. The van der Waals surface area contributed by atoms with E-state index in [-0.39, 0.29) is 11.5 Å². The molecule has 22 heavy (non-hydrogen) atoms. The highest BCUT2D eigenvalue weighted by Gasteiger charge is 2.06. The van der Waals surface area contributed by atoms with Gasteiger partial charge in [-0.3, -0.25) is 4.79 Å². The lowest BCUT2D eigenvalue weighted by Gasteiger charge is -2.03. The second-order valence-electron chi connectivity index (χ2n) is 4.96. The van der Waals surface area contributed by atoms with E-state index in [4.69, 9.17) is 0 Å². The minimum Gasteiger partial charge on any atom is -0.506 e. The molecule has 0 heterocycles. The summed E-state index contributed by atoms with van der Waals surface area (Å²) in [4.78, 5) is 11.4. The molecule has 0 aliphatic rings. The fourth-order valence-electron chi connectivity index (χ4n) is 2.24. The number of phenolic OH excluding ortho intramolecular Hbond substituents is 1. The summed E-state index contributed by atoms with van der Waals surface area (Å²) < 4.78 is 0. The average Bonchev–Trinajstić information content (AvgIpc) is 2.54. The Hall–Kier alpha value is -3.01. The molecule has 1 N–H and O–H groups in total. The van der Waals surface area contributed by atoms with Crippen molar-refractivity contribution in [2.45, 2.75) is 6.92 Å². The Morgan fingerprint density at radius 2 is 1.77 bits per heavy atom. The number of benzene rings is 3. The van der Waals surface area contributed by atoms with Gasteiger partial charge in [0, 0.05) is 10.9 Å². The minimum atomic E-state index is -0.0231. The highest BCUT2D eigenvalue weighted by Crippen LogP contribution is 2.35. The maximum atomic E-state index is 11.4. The van der Waals surface area contributed by atoms with E-state index in [1.807, 2.05) is 30.3 Å². The first kappa shape index (κ1) is 13.9. The lowest BCUT2D eigenvalue weighted by molar-refractivity contribution is 0.101. The highest BCUT2D eigenvalue weighted by molar-refractivity contribution is 5.95. The van der Waals surface area contributed by atoms with Crippen LogP contribution in [-0.2, 0) is 0 Å². The number of Topliss-reactive ketones (excluding diaryl/α,β-unsaturated/α-hetero) is 1. The van der Waals surface area contributed by atoms with Crippen LogP contribution in [0.1, 0.15) is 17.3 Å². The van der Waals surface area contributed by atoms with Crippen molar-refractivity contribution in [1.29, 1.82) is 0 Å². The van der Waals surface area contributed by atoms with Gasteiger partial charge in [-0.2, -0.15) is 5.11 Å². The molecule has 3 rings (SSSR count). The summed E-state index contributed by atoms with van der Waals surface area (Å²) in [6.07, 6.45) is 0. The summed E-state index contributed by atoms with van der Waals surface area (Å²) in [6, 6.07) is 18.0. The normalized spacial score (nSPS) is 11.1. The number of carbonyl (C=O) groups excluding carboxylic acids is 1. The van der Waals surface area contributed by atoms with Gasteiger partial charge in [-0.1, -0.05) is 42.5 Å². The number of ketones is 1. The van der Waals surface area contributed by atoms with Crippen LogP contribution in [0.3, 0.4) is 0 Å². The van der Waals surface area contributed by atoms with Gasteiger partial charge >= 0.3 is 0 Å². The van der Waals surface area contributed by atoms with E-state index < -0.39 is 0 Å². The number of phenols is 1.